The number of quaternary nitrogens is 1. The normalized spacial score (nSPS) is 27.4. The average Bonchev–Trinajstić information content (AvgIpc) is 2.78. The van der Waals surface area contributed by atoms with E-state index in [1.165, 1.54) is 25.7 Å². The van der Waals surface area contributed by atoms with E-state index in [0.717, 1.165) is 30.5 Å². The number of aliphatic hydroxyl groups is 1. The Kier molecular flexibility index (Phi) is 7.21. The van der Waals surface area contributed by atoms with Gasteiger partial charge in [0.15, 0.2) is 6.17 Å². The summed E-state index contributed by atoms with van der Waals surface area (Å²) in [6, 6.07) is 0. The first-order chi connectivity index (χ1) is 8.79. The van der Waals surface area contributed by atoms with Gasteiger partial charge >= 0.3 is 0 Å². The molecule has 1 aliphatic heterocycles. The second-order valence-electron chi connectivity index (χ2n) is 5.18. The number of aliphatic imine (C=N–C) groups is 1. The SMILES string of the molecule is CCCCC/C=C/CC1N=CC[N+]1(CC)CCO. The lowest BCUT2D eigenvalue weighted by Crippen LogP contribution is -2.53. The van der Waals surface area contributed by atoms with Crippen molar-refractivity contribution in [2.24, 2.45) is 4.99 Å². The standard InChI is InChI=1S/C15H29N2O/c1-3-5-6-7-8-9-10-15-16-11-12-17(15,4-2)13-14-18/h8-9,11,15,18H,3-7,10,12-14H2,1-2H3/q+1/b9-8+. The highest BCUT2D eigenvalue weighted by Crippen LogP contribution is 2.22. The van der Waals surface area contributed by atoms with E-state index in [0.29, 0.717) is 6.17 Å². The number of rotatable bonds is 9. The first-order valence-corrected chi connectivity index (χ1v) is 7.42. The molecule has 2 atom stereocenters. The second kappa shape index (κ2) is 8.44. The van der Waals surface area contributed by atoms with Gasteiger partial charge in [-0.3, -0.25) is 4.48 Å². The first kappa shape index (κ1) is 15.4. The Morgan fingerprint density at radius 2 is 2.17 bits per heavy atom. The van der Waals surface area contributed by atoms with Crippen LogP contribution in [0.5, 0.6) is 0 Å². The third kappa shape index (κ3) is 4.21. The molecule has 1 rings (SSSR count). The molecule has 3 nitrogen and oxygen atoms in total. The Bertz CT molecular complexity index is 276. The topological polar surface area (TPSA) is 32.6 Å². The molecule has 0 aliphatic carbocycles. The highest BCUT2D eigenvalue weighted by Gasteiger charge is 2.36. The molecule has 0 fully saturated rings. The molecule has 0 radical (unpaired) electrons. The number of unbranched alkanes of at least 4 members (excludes halogenated alkanes) is 3. The number of allylic oxidation sites excluding steroid dienone is 1. The molecule has 0 saturated carbocycles. The minimum Gasteiger partial charge on any atom is -0.391 e. The van der Waals surface area contributed by atoms with Crippen LogP contribution in [0.25, 0.3) is 0 Å². The smallest absolute Gasteiger partial charge is 0.186 e. The minimum atomic E-state index is 0.258. The Morgan fingerprint density at radius 1 is 1.33 bits per heavy atom. The Labute approximate surface area is 112 Å². The van der Waals surface area contributed by atoms with Crippen LogP contribution in [0.2, 0.25) is 0 Å². The second-order valence-corrected chi connectivity index (χ2v) is 5.18. The molecule has 3 heteroatoms. The molecule has 2 unspecified atom stereocenters. The van der Waals surface area contributed by atoms with Crippen molar-refractivity contribution in [2.45, 2.75) is 52.1 Å². The van der Waals surface area contributed by atoms with Gasteiger partial charge in [-0.15, -0.1) is 0 Å². The van der Waals surface area contributed by atoms with E-state index in [1.54, 1.807) is 0 Å². The summed E-state index contributed by atoms with van der Waals surface area (Å²) < 4.78 is 0.926. The molecule has 18 heavy (non-hydrogen) atoms. The summed E-state index contributed by atoms with van der Waals surface area (Å²) in [6.45, 7) is 7.54. The molecular weight excluding hydrogens is 224 g/mol. The number of nitrogens with zero attached hydrogens (tertiary/aromatic N) is 2. The van der Waals surface area contributed by atoms with Crippen LogP contribution in [0, 0.1) is 0 Å². The lowest BCUT2D eigenvalue weighted by molar-refractivity contribution is -0.935. The zero-order chi connectivity index (χ0) is 13.3. The van der Waals surface area contributed by atoms with E-state index in [9.17, 15) is 5.11 Å². The van der Waals surface area contributed by atoms with Crippen LogP contribution in [0.3, 0.4) is 0 Å². The molecular formula is C15H29N2O+. The third-order valence-electron chi connectivity index (χ3n) is 4.02. The zero-order valence-corrected chi connectivity index (χ0v) is 12.0. The Morgan fingerprint density at radius 3 is 2.83 bits per heavy atom. The number of hydrogen-bond donors (Lipinski definition) is 1. The number of hydrogen-bond acceptors (Lipinski definition) is 2. The molecule has 0 spiro atoms. The van der Waals surface area contributed by atoms with Gasteiger partial charge in [0, 0.05) is 6.42 Å². The number of aliphatic hydroxyl groups excluding tert-OH is 1. The van der Waals surface area contributed by atoms with Crippen molar-refractivity contribution >= 4 is 6.21 Å². The van der Waals surface area contributed by atoms with Crippen molar-refractivity contribution in [3.8, 4) is 0 Å². The van der Waals surface area contributed by atoms with Crippen LogP contribution < -0.4 is 0 Å². The molecule has 0 aromatic carbocycles. The van der Waals surface area contributed by atoms with Crippen molar-refractivity contribution in [1.29, 1.82) is 0 Å². The Hall–Kier alpha value is -0.670. The lowest BCUT2D eigenvalue weighted by atomic mass is 10.1. The van der Waals surface area contributed by atoms with Crippen molar-refractivity contribution in [1.82, 2.24) is 0 Å². The summed E-state index contributed by atoms with van der Waals surface area (Å²) in [4.78, 5) is 4.60. The molecule has 0 aromatic heterocycles. The van der Waals surface area contributed by atoms with Gasteiger partial charge in [-0.05, 0) is 19.8 Å². The van der Waals surface area contributed by atoms with E-state index in [1.807, 2.05) is 6.21 Å². The molecule has 104 valence electrons. The van der Waals surface area contributed by atoms with Crippen LogP contribution in [0.15, 0.2) is 17.1 Å². The van der Waals surface area contributed by atoms with E-state index >= 15 is 0 Å². The van der Waals surface area contributed by atoms with E-state index < -0.39 is 0 Å². The van der Waals surface area contributed by atoms with Crippen molar-refractivity contribution in [2.75, 3.05) is 26.2 Å². The van der Waals surface area contributed by atoms with E-state index in [4.69, 9.17) is 0 Å². The maximum absolute atomic E-state index is 9.22. The van der Waals surface area contributed by atoms with Crippen molar-refractivity contribution in [3.63, 3.8) is 0 Å². The van der Waals surface area contributed by atoms with Gasteiger partial charge in [-0.25, -0.2) is 4.99 Å². The lowest BCUT2D eigenvalue weighted by Gasteiger charge is -2.37. The molecule has 1 heterocycles. The van der Waals surface area contributed by atoms with Crippen molar-refractivity contribution in [3.05, 3.63) is 12.2 Å². The molecule has 1 N–H and O–H groups in total. The van der Waals surface area contributed by atoms with E-state index in [2.05, 4.69) is 31.0 Å². The Balaban J connectivity index is 2.37. The molecule has 0 amide bonds. The summed E-state index contributed by atoms with van der Waals surface area (Å²) in [5.74, 6) is 0. The molecule has 0 bridgehead atoms. The summed E-state index contributed by atoms with van der Waals surface area (Å²) in [5.41, 5.74) is 0. The predicted molar refractivity (Wildman–Crippen MR) is 77.8 cm³/mol. The van der Waals surface area contributed by atoms with Crippen LogP contribution in [0.4, 0.5) is 0 Å². The fourth-order valence-electron chi connectivity index (χ4n) is 2.66. The van der Waals surface area contributed by atoms with Crippen LogP contribution in [0.1, 0.15) is 46.0 Å². The van der Waals surface area contributed by atoms with Gasteiger partial charge < -0.3 is 5.11 Å². The predicted octanol–water partition coefficient (Wildman–Crippen LogP) is 2.75. The van der Waals surface area contributed by atoms with Crippen LogP contribution in [-0.2, 0) is 0 Å². The maximum atomic E-state index is 9.22. The quantitative estimate of drug-likeness (QED) is 0.382. The summed E-state index contributed by atoms with van der Waals surface area (Å²) in [6.07, 6.45) is 13.0. The molecule has 0 aromatic rings. The molecule has 1 aliphatic rings. The average molecular weight is 253 g/mol. The van der Waals surface area contributed by atoms with Gasteiger partial charge in [-0.1, -0.05) is 31.9 Å². The summed E-state index contributed by atoms with van der Waals surface area (Å²) in [7, 11) is 0. The minimum absolute atomic E-state index is 0.258. The zero-order valence-electron chi connectivity index (χ0n) is 12.0. The number of likely N-dealkylation sites (N-methyl/N-ethyl adjacent to an activating group) is 1. The van der Waals surface area contributed by atoms with Crippen LogP contribution >= 0.6 is 0 Å². The first-order valence-electron chi connectivity index (χ1n) is 7.42. The highest BCUT2D eigenvalue weighted by molar-refractivity contribution is 5.60. The van der Waals surface area contributed by atoms with Gasteiger partial charge in [0.1, 0.15) is 13.1 Å². The third-order valence-corrected chi connectivity index (χ3v) is 4.02. The summed E-state index contributed by atoms with van der Waals surface area (Å²) in [5, 5.41) is 9.22. The van der Waals surface area contributed by atoms with Gasteiger partial charge in [0.2, 0.25) is 0 Å². The fraction of sp³-hybridized carbons (Fsp3) is 0.800. The van der Waals surface area contributed by atoms with Crippen molar-refractivity contribution < 1.29 is 9.59 Å². The van der Waals surface area contributed by atoms with Gasteiger partial charge in [-0.2, -0.15) is 0 Å². The maximum Gasteiger partial charge on any atom is 0.186 e. The molecule has 0 saturated heterocycles. The van der Waals surface area contributed by atoms with E-state index in [-0.39, 0.29) is 6.61 Å². The fourth-order valence-corrected chi connectivity index (χ4v) is 2.66. The highest BCUT2D eigenvalue weighted by atomic mass is 16.3. The largest absolute Gasteiger partial charge is 0.391 e. The van der Waals surface area contributed by atoms with Gasteiger partial charge in [0.25, 0.3) is 0 Å². The summed E-state index contributed by atoms with van der Waals surface area (Å²) >= 11 is 0. The van der Waals surface area contributed by atoms with Crippen LogP contribution in [-0.4, -0.2) is 48.2 Å². The monoisotopic (exact) mass is 253 g/mol. The van der Waals surface area contributed by atoms with Gasteiger partial charge in [0.05, 0.1) is 19.4 Å².